The molecule has 0 spiro atoms. The number of benzene rings is 6. The number of hydrogen-bond acceptors (Lipinski definition) is 11. The van der Waals surface area contributed by atoms with Crippen molar-refractivity contribution in [2.75, 3.05) is 73.1 Å². The van der Waals surface area contributed by atoms with Crippen LogP contribution >= 0.6 is 93.6 Å². The summed E-state index contributed by atoms with van der Waals surface area (Å²) < 4.78 is 17.3. The van der Waals surface area contributed by atoms with Gasteiger partial charge in [-0.1, -0.05) is 134 Å². The van der Waals surface area contributed by atoms with Crippen LogP contribution in [0.25, 0.3) is 54.5 Å². The highest BCUT2D eigenvalue weighted by Crippen LogP contribution is 2.38. The predicted octanol–water partition coefficient (Wildman–Crippen LogP) is 14.2. The molecule has 7 amide bonds. The van der Waals surface area contributed by atoms with Gasteiger partial charge in [-0.05, 0) is 150 Å². The molecule has 16 rings (SSSR count). The van der Waals surface area contributed by atoms with Crippen LogP contribution in [0.15, 0.2) is 186 Å². The standard InChI is InChI=1S/C28H27Cl2N3O4.C21H20BrN3O2.C20H20BrN3O3.C17H16BrIN2O2/c1-3-26(35)32-12-17(13-32)9-20(34)15-33-16-23(22-10-19(29)11-24(30)27(22)33)28(36)31-8-7-21-18(14-31)5-4-6-25(21)37-2;1-3-20(26)24-11-15(12-24)23(2)21(27)13-25-18-7-5-4-6-16(18)17-10-14(22)8-9-19(17)25;1-2-19(27)23-9-13(10-23)22-18(26)11-24-16-7-6-12(21)8-15(16)14-4-3-5-17(25)20(14)24;1-2-17(23)21-7-11(8-21)5-13(22)9-20-10-15(19)14-4-3-12(18)6-16(14)20/h3-6,10-11,16-17H,1,7-9,12-15H2,2H3;3-10,15H,1,11-13H2,2H3;2,6-8,13H,1,3-5,9-11H2,(H,22,26);2-4,6,10-11H,1,5,7-9H2. The number of Topliss-reactive ketones (excluding diaryl/α,β-unsaturated/α-hetero) is 3. The molecule has 0 saturated carbocycles. The molecule has 0 unspecified atom stereocenters. The van der Waals surface area contributed by atoms with Crippen LogP contribution in [0.2, 0.25) is 10.0 Å². The highest BCUT2D eigenvalue weighted by molar-refractivity contribution is 14.1. The summed E-state index contributed by atoms with van der Waals surface area (Å²) in [6.45, 7) is 20.3. The maximum atomic E-state index is 13.7. The van der Waals surface area contributed by atoms with E-state index >= 15 is 0 Å². The molecular formula is C86H83Br3Cl2IN11O11. The molecule has 114 heavy (non-hydrogen) atoms. The molecule has 4 aromatic heterocycles. The van der Waals surface area contributed by atoms with Gasteiger partial charge in [-0.3, -0.25) is 47.9 Å². The molecule has 1 aliphatic carbocycles. The molecular weight excluding hydrogens is 1800 g/mol. The Morgan fingerprint density at radius 3 is 1.76 bits per heavy atom. The first-order chi connectivity index (χ1) is 54.7. The fourth-order valence-electron chi connectivity index (χ4n) is 15.9. The van der Waals surface area contributed by atoms with Gasteiger partial charge >= 0.3 is 0 Å². The number of nitrogens with one attached hydrogen (secondary N) is 1. The van der Waals surface area contributed by atoms with Gasteiger partial charge in [0.25, 0.3) is 5.91 Å². The van der Waals surface area contributed by atoms with Crippen LogP contribution in [0, 0.1) is 15.4 Å². The van der Waals surface area contributed by atoms with Crippen molar-refractivity contribution in [3.63, 3.8) is 0 Å². The Bertz CT molecular complexity index is 5610. The van der Waals surface area contributed by atoms with Gasteiger partial charge in [0.1, 0.15) is 18.8 Å². The second-order valence-electron chi connectivity index (χ2n) is 29.3. The van der Waals surface area contributed by atoms with Crippen LogP contribution in [-0.2, 0) is 83.9 Å². The number of rotatable bonds is 20. The highest BCUT2D eigenvalue weighted by atomic mass is 127. The number of likely N-dealkylation sites (tertiary alicyclic amines) is 4. The molecule has 10 aromatic rings. The van der Waals surface area contributed by atoms with Crippen molar-refractivity contribution in [3.05, 3.63) is 227 Å². The Labute approximate surface area is 707 Å². The number of carbonyl (C=O) groups excluding carboxylic acids is 10. The number of aryl methyl sites for hydroxylation is 1. The van der Waals surface area contributed by atoms with Crippen LogP contribution in [0.1, 0.15) is 63.2 Å². The third-order valence-electron chi connectivity index (χ3n) is 21.8. The van der Waals surface area contributed by atoms with Gasteiger partial charge < -0.3 is 57.7 Å². The lowest BCUT2D eigenvalue weighted by atomic mass is 9.94. The molecule has 6 aliphatic rings. The van der Waals surface area contributed by atoms with Crippen molar-refractivity contribution in [2.45, 2.75) is 83.3 Å². The van der Waals surface area contributed by atoms with Gasteiger partial charge in [-0.2, -0.15) is 0 Å². The summed E-state index contributed by atoms with van der Waals surface area (Å²) >= 11 is 25.7. The molecule has 9 heterocycles. The first-order valence-corrected chi connectivity index (χ1v) is 41.5. The summed E-state index contributed by atoms with van der Waals surface area (Å²) in [5.74, 6) is 0.921. The number of nitrogens with zero attached hydrogens (tertiary/aromatic N) is 10. The molecule has 0 bridgehead atoms. The van der Waals surface area contributed by atoms with Gasteiger partial charge in [-0.15, -0.1) is 0 Å². The predicted molar refractivity (Wildman–Crippen MR) is 462 cm³/mol. The topological polar surface area (TPSA) is 231 Å². The van der Waals surface area contributed by atoms with Crippen molar-refractivity contribution in [2.24, 2.45) is 11.8 Å². The fourth-order valence-corrected chi connectivity index (χ4v) is 18.4. The third-order valence-corrected chi connectivity index (χ3v) is 24.7. The van der Waals surface area contributed by atoms with E-state index in [4.69, 9.17) is 27.9 Å². The van der Waals surface area contributed by atoms with Gasteiger partial charge in [0.05, 0.1) is 59.6 Å². The zero-order valence-corrected chi connectivity index (χ0v) is 71.3. The van der Waals surface area contributed by atoms with E-state index in [-0.39, 0.29) is 102 Å². The van der Waals surface area contributed by atoms with E-state index in [9.17, 15) is 47.9 Å². The van der Waals surface area contributed by atoms with E-state index in [0.717, 1.165) is 95.9 Å². The molecule has 0 radical (unpaired) electrons. The zero-order chi connectivity index (χ0) is 81.1. The van der Waals surface area contributed by atoms with E-state index in [1.807, 2.05) is 101 Å². The molecule has 5 aliphatic heterocycles. The number of carbonyl (C=O) groups is 10. The number of ether oxygens (including phenoxy) is 1. The Kier molecular flexibility index (Phi) is 25.9. The van der Waals surface area contributed by atoms with Crippen molar-refractivity contribution in [1.82, 2.24) is 53.0 Å². The maximum Gasteiger partial charge on any atom is 0.256 e. The van der Waals surface area contributed by atoms with Crippen LogP contribution in [0.5, 0.6) is 5.75 Å². The molecule has 6 aromatic carbocycles. The minimum Gasteiger partial charge on any atom is -0.496 e. The molecule has 4 fully saturated rings. The van der Waals surface area contributed by atoms with E-state index in [1.54, 1.807) is 59.4 Å². The Balaban J connectivity index is 0.000000135. The van der Waals surface area contributed by atoms with Crippen LogP contribution in [0.3, 0.4) is 0 Å². The normalized spacial score (nSPS) is 15.3. The molecule has 22 nitrogen and oxygen atoms in total. The van der Waals surface area contributed by atoms with Gasteiger partial charge in [0.2, 0.25) is 35.4 Å². The number of aromatic nitrogens is 4. The summed E-state index contributed by atoms with van der Waals surface area (Å²) in [6.07, 6.45) is 12.7. The summed E-state index contributed by atoms with van der Waals surface area (Å²) in [7, 11) is 3.46. The number of methoxy groups -OCH3 is 1. The summed E-state index contributed by atoms with van der Waals surface area (Å²) in [4.78, 5) is 134. The van der Waals surface area contributed by atoms with E-state index in [1.165, 1.54) is 24.3 Å². The maximum absolute atomic E-state index is 13.7. The Morgan fingerprint density at radius 1 is 0.561 bits per heavy atom. The minimum atomic E-state index is -0.147. The average Bonchev–Trinajstić information content (AvgIpc) is 1.60. The Morgan fingerprint density at radius 2 is 1.13 bits per heavy atom. The summed E-state index contributed by atoms with van der Waals surface area (Å²) in [6, 6.07) is 35.5. The number of halogens is 6. The van der Waals surface area contributed by atoms with Crippen molar-refractivity contribution < 1.29 is 52.7 Å². The molecule has 1 N–H and O–H groups in total. The highest BCUT2D eigenvalue weighted by Gasteiger charge is 2.37. The smallest absolute Gasteiger partial charge is 0.256 e. The average molecular weight is 1880 g/mol. The summed E-state index contributed by atoms with van der Waals surface area (Å²) in [5, 5.41) is 8.84. The van der Waals surface area contributed by atoms with E-state index < -0.39 is 0 Å². The van der Waals surface area contributed by atoms with Crippen LogP contribution < -0.4 is 10.1 Å². The van der Waals surface area contributed by atoms with Crippen LogP contribution in [-0.4, -0.2) is 192 Å². The molecule has 0 atom stereocenters. The van der Waals surface area contributed by atoms with E-state index in [0.29, 0.717) is 130 Å². The molecule has 4 saturated heterocycles. The number of likely N-dealkylation sites (N-methyl/N-ethyl adjacent to an activating group) is 1. The number of ketones is 3. The third kappa shape index (κ3) is 17.8. The van der Waals surface area contributed by atoms with Crippen molar-refractivity contribution >= 4 is 207 Å². The fraction of sp³-hybridized carbons (Fsp3) is 0.302. The largest absolute Gasteiger partial charge is 0.496 e. The number of hydrogen-bond donors (Lipinski definition) is 1. The second-order valence-corrected chi connectivity index (χ2v) is 34.1. The lowest BCUT2D eigenvalue weighted by Gasteiger charge is -2.43. The first kappa shape index (κ1) is 82.5. The lowest BCUT2D eigenvalue weighted by molar-refractivity contribution is -0.142. The van der Waals surface area contributed by atoms with Crippen molar-refractivity contribution in [1.29, 1.82) is 0 Å². The van der Waals surface area contributed by atoms with Gasteiger partial charge in [-0.25, -0.2) is 0 Å². The van der Waals surface area contributed by atoms with E-state index in [2.05, 4.69) is 125 Å². The monoisotopic (exact) mass is 1880 g/mol. The minimum absolute atomic E-state index is 0.0108. The lowest BCUT2D eigenvalue weighted by Crippen LogP contribution is -2.61. The zero-order valence-electron chi connectivity index (χ0n) is 62.9. The second kappa shape index (κ2) is 35.7. The quantitative estimate of drug-likeness (QED) is 0.0557. The molecule has 590 valence electrons. The molecule has 28 heteroatoms. The van der Waals surface area contributed by atoms with Crippen LogP contribution in [0.4, 0.5) is 0 Å². The van der Waals surface area contributed by atoms with Crippen molar-refractivity contribution in [3.8, 4) is 5.75 Å². The Hall–Kier alpha value is -9.45. The summed E-state index contributed by atoms with van der Waals surface area (Å²) in [5.41, 5.74) is 9.02. The van der Waals surface area contributed by atoms with Gasteiger partial charge in [0.15, 0.2) is 17.3 Å². The first-order valence-electron chi connectivity index (χ1n) is 37.3. The number of para-hydroxylation sites is 1. The van der Waals surface area contributed by atoms with Gasteiger partial charge in [0, 0.05) is 187 Å². The number of amides is 7. The number of fused-ring (bicyclic) bond motifs is 9. The SMILES string of the molecule is C=CC(=O)N1CC(CC(=O)Cn2cc(C(=O)N3CCc4c(cccc4OC)C3)c3cc(Cl)cc(Cl)c32)C1.C=CC(=O)N1CC(CC(=O)Cn2cc(I)c3ccc(Br)cc32)C1.C=CC(=O)N1CC(N(C)C(=O)Cn2c3ccccc3c3cc(Br)ccc32)C1.C=CC(=O)N1CC(NC(=O)Cn2c3c(c4cc(Br)ccc42)CCCC3=O)C1.